The Labute approximate surface area is 113 Å². The van der Waals surface area contributed by atoms with E-state index in [0.29, 0.717) is 26.1 Å². The molecule has 2 rings (SSSR count). The van der Waals surface area contributed by atoms with Crippen LogP contribution in [0.4, 0.5) is 0 Å². The highest BCUT2D eigenvalue weighted by atomic mass is 16.7. The van der Waals surface area contributed by atoms with Crippen molar-refractivity contribution in [2.24, 2.45) is 0 Å². The predicted molar refractivity (Wildman–Crippen MR) is 70.8 cm³/mol. The highest BCUT2D eigenvalue weighted by Gasteiger charge is 2.38. The summed E-state index contributed by atoms with van der Waals surface area (Å²) >= 11 is 0. The van der Waals surface area contributed by atoms with Crippen molar-refractivity contribution in [2.45, 2.75) is 25.0 Å². The van der Waals surface area contributed by atoms with Gasteiger partial charge in [-0.3, -0.25) is 0 Å². The maximum absolute atomic E-state index is 11.3. The summed E-state index contributed by atoms with van der Waals surface area (Å²) in [6.07, 6.45) is 3.25. The van der Waals surface area contributed by atoms with Gasteiger partial charge < -0.3 is 14.2 Å². The third-order valence-corrected chi connectivity index (χ3v) is 3.02. The molecule has 1 aromatic carbocycles. The number of benzene rings is 1. The van der Waals surface area contributed by atoms with Gasteiger partial charge in [-0.1, -0.05) is 24.8 Å². The zero-order chi connectivity index (χ0) is 13.6. The minimum Gasteiger partial charge on any atom is -0.493 e. The smallest absolute Gasteiger partial charge is 0.332 e. The Morgan fingerprint density at radius 3 is 2.84 bits per heavy atom. The van der Waals surface area contributed by atoms with Crippen molar-refractivity contribution in [2.75, 3.05) is 13.2 Å². The first-order valence-electron chi connectivity index (χ1n) is 6.41. The molecule has 4 heteroatoms. The number of carbonyl (C=O) groups is 1. The van der Waals surface area contributed by atoms with Crippen molar-refractivity contribution in [1.82, 2.24) is 0 Å². The predicted octanol–water partition coefficient (Wildman–Crippen LogP) is 2.69. The maximum Gasteiger partial charge on any atom is 0.332 e. The van der Waals surface area contributed by atoms with Crippen molar-refractivity contribution >= 4 is 5.97 Å². The molecule has 1 fully saturated rings. The van der Waals surface area contributed by atoms with Crippen molar-refractivity contribution in [3.05, 3.63) is 43.0 Å². The molecule has 1 aliphatic rings. The summed E-state index contributed by atoms with van der Waals surface area (Å²) in [5, 5.41) is 0. The lowest BCUT2D eigenvalue weighted by atomic mass is 10.1. The molecule has 0 saturated carbocycles. The lowest BCUT2D eigenvalue weighted by molar-refractivity contribution is -0.213. The second-order valence-corrected chi connectivity index (χ2v) is 4.40. The van der Waals surface area contributed by atoms with E-state index in [4.69, 9.17) is 14.2 Å². The fourth-order valence-electron chi connectivity index (χ4n) is 2.07. The number of esters is 1. The van der Waals surface area contributed by atoms with E-state index in [2.05, 4.69) is 6.58 Å². The first-order valence-corrected chi connectivity index (χ1v) is 6.41. The van der Waals surface area contributed by atoms with Gasteiger partial charge in [-0.15, -0.1) is 0 Å². The minimum absolute atomic E-state index is 0.439. The van der Waals surface area contributed by atoms with E-state index in [1.54, 1.807) is 0 Å². The second kappa shape index (κ2) is 6.38. The molecule has 1 atom stereocenters. The first kappa shape index (κ1) is 13.6. The normalized spacial score (nSPS) is 21.9. The Hall–Kier alpha value is -1.81. The zero-order valence-corrected chi connectivity index (χ0v) is 10.8. The molecule has 1 heterocycles. The molecule has 0 spiro atoms. The van der Waals surface area contributed by atoms with Crippen molar-refractivity contribution in [3.8, 4) is 5.75 Å². The SMILES string of the molecule is C=CC(=O)OC1(CCOc2ccccc2)CCCO1. The van der Waals surface area contributed by atoms with Gasteiger partial charge in [0.05, 0.1) is 13.2 Å². The molecule has 19 heavy (non-hydrogen) atoms. The van der Waals surface area contributed by atoms with Crippen LogP contribution in [0, 0.1) is 0 Å². The van der Waals surface area contributed by atoms with Gasteiger partial charge in [0.2, 0.25) is 5.79 Å². The average molecular weight is 262 g/mol. The quantitative estimate of drug-likeness (QED) is 0.584. The number of carbonyl (C=O) groups excluding carboxylic acids is 1. The average Bonchev–Trinajstić information content (AvgIpc) is 2.88. The van der Waals surface area contributed by atoms with E-state index in [-0.39, 0.29) is 0 Å². The Kier molecular flexibility index (Phi) is 4.58. The van der Waals surface area contributed by atoms with Gasteiger partial charge in [-0.25, -0.2) is 4.79 Å². The van der Waals surface area contributed by atoms with Crippen LogP contribution in [0.15, 0.2) is 43.0 Å². The molecule has 0 radical (unpaired) electrons. The summed E-state index contributed by atoms with van der Waals surface area (Å²) < 4.78 is 16.5. The summed E-state index contributed by atoms with van der Waals surface area (Å²) in [6, 6.07) is 9.53. The number of hydrogen-bond donors (Lipinski definition) is 0. The highest BCUT2D eigenvalue weighted by Crippen LogP contribution is 2.31. The van der Waals surface area contributed by atoms with Crippen LogP contribution >= 0.6 is 0 Å². The Morgan fingerprint density at radius 2 is 2.21 bits per heavy atom. The van der Waals surface area contributed by atoms with Gasteiger partial charge >= 0.3 is 5.97 Å². The Balaban J connectivity index is 1.87. The minimum atomic E-state index is -0.847. The fourth-order valence-corrected chi connectivity index (χ4v) is 2.07. The van der Waals surface area contributed by atoms with Crippen molar-refractivity contribution < 1.29 is 19.0 Å². The van der Waals surface area contributed by atoms with Crippen molar-refractivity contribution in [1.29, 1.82) is 0 Å². The summed E-state index contributed by atoms with van der Waals surface area (Å²) in [5.74, 6) is -0.507. The maximum atomic E-state index is 11.3. The lowest BCUT2D eigenvalue weighted by Gasteiger charge is -2.27. The number of para-hydroxylation sites is 1. The molecule has 1 unspecified atom stereocenters. The summed E-state index contributed by atoms with van der Waals surface area (Å²) in [5.41, 5.74) is 0. The molecule has 102 valence electrons. The largest absolute Gasteiger partial charge is 0.493 e. The van der Waals surface area contributed by atoms with E-state index in [1.165, 1.54) is 0 Å². The van der Waals surface area contributed by atoms with E-state index in [9.17, 15) is 4.79 Å². The van der Waals surface area contributed by atoms with Gasteiger partial charge in [-0.05, 0) is 18.6 Å². The molecular formula is C15H18O4. The molecule has 0 aliphatic carbocycles. The van der Waals surface area contributed by atoms with Gasteiger partial charge in [0.1, 0.15) is 5.75 Å². The van der Waals surface area contributed by atoms with Crippen LogP contribution in [-0.2, 0) is 14.3 Å². The molecule has 1 aromatic rings. The van der Waals surface area contributed by atoms with E-state index >= 15 is 0 Å². The summed E-state index contributed by atoms with van der Waals surface area (Å²) in [7, 11) is 0. The van der Waals surface area contributed by atoms with Crippen LogP contribution in [0.5, 0.6) is 5.75 Å². The molecule has 0 bridgehead atoms. The van der Waals surface area contributed by atoms with Crippen LogP contribution in [0.1, 0.15) is 19.3 Å². The van der Waals surface area contributed by atoms with Crippen LogP contribution in [0.3, 0.4) is 0 Å². The number of ether oxygens (including phenoxy) is 3. The lowest BCUT2D eigenvalue weighted by Crippen LogP contribution is -2.35. The van der Waals surface area contributed by atoms with Gasteiger partial charge in [0, 0.05) is 18.9 Å². The van der Waals surface area contributed by atoms with Gasteiger partial charge in [-0.2, -0.15) is 0 Å². The van der Waals surface area contributed by atoms with Gasteiger partial charge in [0.25, 0.3) is 0 Å². The Bertz CT molecular complexity index is 421. The van der Waals surface area contributed by atoms with Crippen LogP contribution in [-0.4, -0.2) is 25.0 Å². The van der Waals surface area contributed by atoms with Crippen LogP contribution in [0.2, 0.25) is 0 Å². The zero-order valence-electron chi connectivity index (χ0n) is 10.8. The monoisotopic (exact) mass is 262 g/mol. The Morgan fingerprint density at radius 1 is 1.42 bits per heavy atom. The third kappa shape index (κ3) is 3.83. The van der Waals surface area contributed by atoms with Crippen molar-refractivity contribution in [3.63, 3.8) is 0 Å². The van der Waals surface area contributed by atoms with E-state index < -0.39 is 11.8 Å². The number of hydrogen-bond acceptors (Lipinski definition) is 4. The molecule has 4 nitrogen and oxygen atoms in total. The van der Waals surface area contributed by atoms with E-state index in [0.717, 1.165) is 18.2 Å². The number of rotatable bonds is 6. The molecular weight excluding hydrogens is 244 g/mol. The van der Waals surface area contributed by atoms with Crippen LogP contribution in [0.25, 0.3) is 0 Å². The first-order chi connectivity index (χ1) is 9.24. The molecule has 0 N–H and O–H groups in total. The fraction of sp³-hybridized carbons (Fsp3) is 0.400. The standard InChI is InChI=1S/C15H18O4/c1-2-14(16)19-15(9-6-11-18-15)10-12-17-13-7-4-3-5-8-13/h2-5,7-8H,1,6,9-12H2. The van der Waals surface area contributed by atoms with E-state index in [1.807, 2.05) is 30.3 Å². The molecule has 0 aromatic heterocycles. The second-order valence-electron chi connectivity index (χ2n) is 4.40. The van der Waals surface area contributed by atoms with Crippen LogP contribution < -0.4 is 4.74 Å². The summed E-state index contributed by atoms with van der Waals surface area (Å²) in [4.78, 5) is 11.3. The third-order valence-electron chi connectivity index (χ3n) is 3.02. The molecule has 1 aliphatic heterocycles. The molecule has 1 saturated heterocycles. The summed E-state index contributed by atoms with van der Waals surface area (Å²) in [6.45, 7) is 4.45. The molecule has 0 amide bonds. The highest BCUT2D eigenvalue weighted by molar-refractivity contribution is 5.81. The van der Waals surface area contributed by atoms with Gasteiger partial charge in [0.15, 0.2) is 0 Å². The topological polar surface area (TPSA) is 44.8 Å².